The molecule has 0 aliphatic carbocycles. The highest BCUT2D eigenvalue weighted by molar-refractivity contribution is 7.13. The van der Waals surface area contributed by atoms with Crippen molar-refractivity contribution in [2.75, 3.05) is 12.4 Å². The molecular formula is C22H24N2O2S. The second-order valence-corrected chi connectivity index (χ2v) is 7.91. The van der Waals surface area contributed by atoms with E-state index in [2.05, 4.69) is 22.4 Å². The van der Waals surface area contributed by atoms with Crippen LogP contribution >= 0.6 is 11.3 Å². The summed E-state index contributed by atoms with van der Waals surface area (Å²) in [4.78, 5) is 17.6. The van der Waals surface area contributed by atoms with E-state index in [1.54, 1.807) is 7.11 Å². The lowest BCUT2D eigenvalue weighted by molar-refractivity contribution is -0.124. The maximum absolute atomic E-state index is 13.2. The fourth-order valence-electron chi connectivity index (χ4n) is 3.34. The molecule has 1 amide bonds. The maximum atomic E-state index is 13.2. The minimum atomic E-state index is -0.727. The van der Waals surface area contributed by atoms with E-state index < -0.39 is 5.41 Å². The lowest BCUT2D eigenvalue weighted by atomic mass is 9.70. The molecule has 0 radical (unpaired) electrons. The van der Waals surface area contributed by atoms with Crippen molar-refractivity contribution >= 4 is 22.4 Å². The number of carbonyl (C=O) groups excluding carboxylic acids is 1. The van der Waals surface area contributed by atoms with Crippen LogP contribution in [0.3, 0.4) is 0 Å². The van der Waals surface area contributed by atoms with Crippen molar-refractivity contribution < 1.29 is 9.53 Å². The average molecular weight is 381 g/mol. The second kappa shape index (κ2) is 7.92. The number of rotatable bonds is 6. The number of hydrogen-bond donors (Lipinski definition) is 1. The zero-order valence-corrected chi connectivity index (χ0v) is 16.8. The first-order valence-electron chi connectivity index (χ1n) is 8.85. The van der Waals surface area contributed by atoms with Crippen molar-refractivity contribution in [1.29, 1.82) is 0 Å². The van der Waals surface area contributed by atoms with E-state index in [-0.39, 0.29) is 11.8 Å². The predicted molar refractivity (Wildman–Crippen MR) is 111 cm³/mol. The fraction of sp³-hybridized carbons (Fsp3) is 0.273. The molecule has 140 valence electrons. The van der Waals surface area contributed by atoms with Gasteiger partial charge in [0.05, 0.1) is 18.2 Å². The van der Waals surface area contributed by atoms with Gasteiger partial charge in [-0.05, 0) is 18.6 Å². The van der Waals surface area contributed by atoms with E-state index in [0.717, 1.165) is 22.6 Å². The Morgan fingerprint density at radius 3 is 2.41 bits per heavy atom. The first-order chi connectivity index (χ1) is 12.9. The first kappa shape index (κ1) is 19.1. The summed E-state index contributed by atoms with van der Waals surface area (Å²) in [5.74, 6) is 0.532. The van der Waals surface area contributed by atoms with E-state index in [9.17, 15) is 4.79 Å². The SMILES string of the molecule is COc1ccccc1C(c1ccccc1)C(C)(C)C(=O)Nc1nc(C)cs1. The Kier molecular flexibility index (Phi) is 5.61. The molecule has 0 spiro atoms. The second-order valence-electron chi connectivity index (χ2n) is 7.06. The van der Waals surface area contributed by atoms with Gasteiger partial charge in [0.1, 0.15) is 5.75 Å². The van der Waals surface area contributed by atoms with Gasteiger partial charge >= 0.3 is 0 Å². The van der Waals surface area contributed by atoms with Gasteiger partial charge < -0.3 is 10.1 Å². The van der Waals surface area contributed by atoms with Gasteiger partial charge in [-0.1, -0.05) is 62.4 Å². The number of para-hydroxylation sites is 1. The lowest BCUT2D eigenvalue weighted by Crippen LogP contribution is -2.37. The number of nitrogens with zero attached hydrogens (tertiary/aromatic N) is 1. The molecule has 3 aromatic rings. The highest BCUT2D eigenvalue weighted by Gasteiger charge is 2.40. The smallest absolute Gasteiger partial charge is 0.232 e. The quantitative estimate of drug-likeness (QED) is 0.635. The molecule has 27 heavy (non-hydrogen) atoms. The molecule has 0 saturated carbocycles. The van der Waals surface area contributed by atoms with Gasteiger partial charge in [0.25, 0.3) is 0 Å². The number of nitrogens with one attached hydrogen (secondary N) is 1. The molecule has 1 N–H and O–H groups in total. The number of ether oxygens (including phenoxy) is 1. The van der Waals surface area contributed by atoms with Gasteiger partial charge in [-0.15, -0.1) is 11.3 Å². The largest absolute Gasteiger partial charge is 0.496 e. The molecule has 5 heteroatoms. The van der Waals surface area contributed by atoms with E-state index in [0.29, 0.717) is 5.13 Å². The van der Waals surface area contributed by atoms with Crippen LogP contribution in [0.2, 0.25) is 0 Å². The summed E-state index contributed by atoms with van der Waals surface area (Å²) in [6.45, 7) is 5.85. The Labute approximate surface area is 164 Å². The van der Waals surface area contributed by atoms with Crippen LogP contribution in [-0.4, -0.2) is 18.0 Å². The van der Waals surface area contributed by atoms with Gasteiger partial charge in [-0.25, -0.2) is 4.98 Å². The number of benzene rings is 2. The molecule has 0 bridgehead atoms. The fourth-order valence-corrected chi connectivity index (χ4v) is 4.02. The van der Waals surface area contributed by atoms with Crippen molar-refractivity contribution in [3.8, 4) is 5.75 Å². The zero-order valence-electron chi connectivity index (χ0n) is 16.0. The summed E-state index contributed by atoms with van der Waals surface area (Å²) in [7, 11) is 1.66. The summed E-state index contributed by atoms with van der Waals surface area (Å²) in [6.07, 6.45) is 0. The van der Waals surface area contributed by atoms with Crippen LogP contribution in [0, 0.1) is 12.3 Å². The van der Waals surface area contributed by atoms with Crippen molar-refractivity contribution in [3.05, 3.63) is 76.8 Å². The van der Waals surface area contributed by atoms with Crippen molar-refractivity contribution in [2.45, 2.75) is 26.7 Å². The minimum Gasteiger partial charge on any atom is -0.496 e. The van der Waals surface area contributed by atoms with Crippen molar-refractivity contribution in [2.24, 2.45) is 5.41 Å². The third kappa shape index (κ3) is 4.03. The molecule has 1 heterocycles. The van der Waals surface area contributed by atoms with Crippen LogP contribution in [0.1, 0.15) is 36.6 Å². The van der Waals surface area contributed by atoms with Crippen LogP contribution in [0.5, 0.6) is 5.75 Å². The van der Waals surface area contributed by atoms with Gasteiger partial charge in [0.2, 0.25) is 5.91 Å². The van der Waals surface area contributed by atoms with Crippen LogP contribution in [0.25, 0.3) is 0 Å². The average Bonchev–Trinajstić information content (AvgIpc) is 3.07. The summed E-state index contributed by atoms with van der Waals surface area (Å²) in [6, 6.07) is 18.0. The molecule has 0 fully saturated rings. The number of methoxy groups -OCH3 is 1. The topological polar surface area (TPSA) is 51.2 Å². The van der Waals surface area contributed by atoms with E-state index in [4.69, 9.17) is 4.74 Å². The highest BCUT2D eigenvalue weighted by atomic mass is 32.1. The van der Waals surface area contributed by atoms with Crippen LogP contribution in [0.15, 0.2) is 60.0 Å². The molecule has 4 nitrogen and oxygen atoms in total. The standard InChI is InChI=1S/C22H24N2O2S/c1-15-14-27-21(23-15)24-20(25)22(2,3)19(16-10-6-5-7-11-16)17-12-8-9-13-18(17)26-4/h5-14,19H,1-4H3,(H,23,24,25). The molecule has 1 aromatic heterocycles. The van der Waals surface area contributed by atoms with Crippen molar-refractivity contribution in [1.82, 2.24) is 4.98 Å². The molecule has 0 saturated heterocycles. The van der Waals surface area contributed by atoms with E-state index in [1.807, 2.05) is 68.6 Å². The Bertz CT molecular complexity index is 919. The van der Waals surface area contributed by atoms with E-state index in [1.165, 1.54) is 11.3 Å². The van der Waals surface area contributed by atoms with Gasteiger partial charge in [-0.2, -0.15) is 0 Å². The number of carbonyl (C=O) groups is 1. The Balaban J connectivity index is 2.04. The number of hydrogen-bond acceptors (Lipinski definition) is 4. The monoisotopic (exact) mass is 380 g/mol. The zero-order chi connectivity index (χ0) is 19.4. The third-order valence-corrected chi connectivity index (χ3v) is 5.60. The number of aromatic nitrogens is 1. The number of thiazole rings is 1. The summed E-state index contributed by atoms with van der Waals surface area (Å²) in [5.41, 5.74) is 2.23. The summed E-state index contributed by atoms with van der Waals surface area (Å²) in [5, 5.41) is 5.54. The summed E-state index contributed by atoms with van der Waals surface area (Å²) >= 11 is 1.44. The number of amides is 1. The van der Waals surface area contributed by atoms with Crippen molar-refractivity contribution in [3.63, 3.8) is 0 Å². The molecule has 1 unspecified atom stereocenters. The van der Waals surface area contributed by atoms with Gasteiger partial charge in [0, 0.05) is 16.9 Å². The molecule has 1 atom stereocenters. The number of anilines is 1. The van der Waals surface area contributed by atoms with Crippen LogP contribution in [0.4, 0.5) is 5.13 Å². The highest BCUT2D eigenvalue weighted by Crippen LogP contribution is 2.45. The summed E-state index contributed by atoms with van der Waals surface area (Å²) < 4.78 is 5.60. The lowest BCUT2D eigenvalue weighted by Gasteiger charge is -2.34. The Morgan fingerprint density at radius 1 is 1.11 bits per heavy atom. The van der Waals surface area contributed by atoms with Gasteiger partial charge in [0.15, 0.2) is 5.13 Å². The molecule has 0 aliphatic rings. The van der Waals surface area contributed by atoms with Gasteiger partial charge in [-0.3, -0.25) is 4.79 Å². The molecule has 0 aliphatic heterocycles. The molecular weight excluding hydrogens is 356 g/mol. The van der Waals surface area contributed by atoms with Crippen LogP contribution < -0.4 is 10.1 Å². The van der Waals surface area contributed by atoms with Crippen LogP contribution in [-0.2, 0) is 4.79 Å². The first-order valence-corrected chi connectivity index (χ1v) is 9.73. The molecule has 3 rings (SSSR count). The minimum absolute atomic E-state index is 0.0726. The van der Waals surface area contributed by atoms with E-state index >= 15 is 0 Å². The Hall–Kier alpha value is -2.66. The third-order valence-electron chi connectivity index (χ3n) is 4.73. The maximum Gasteiger partial charge on any atom is 0.232 e. The normalized spacial score (nSPS) is 12.4. The number of aryl methyl sites for hydroxylation is 1. The molecule has 2 aromatic carbocycles. The predicted octanol–water partition coefficient (Wildman–Crippen LogP) is 5.26. The Morgan fingerprint density at radius 2 is 1.78 bits per heavy atom.